The monoisotopic (exact) mass is 340 g/mol. The zero-order chi connectivity index (χ0) is 15.6. The minimum absolute atomic E-state index is 0.0432. The predicted molar refractivity (Wildman–Crippen MR) is 93.1 cm³/mol. The topological polar surface area (TPSA) is 58.2 Å². The van der Waals surface area contributed by atoms with E-state index in [0.29, 0.717) is 6.54 Å². The molecule has 22 heavy (non-hydrogen) atoms. The number of carbonyl (C=O) groups is 2. The molecule has 2 rings (SSSR count). The number of amides is 2. The molecule has 1 saturated carbocycles. The third kappa shape index (κ3) is 6.40. The highest BCUT2D eigenvalue weighted by Crippen LogP contribution is 2.23. The van der Waals surface area contributed by atoms with Crippen LogP contribution >= 0.6 is 23.1 Å². The quantitative estimate of drug-likeness (QED) is 0.716. The van der Waals surface area contributed by atoms with Gasteiger partial charge >= 0.3 is 0 Å². The Balaban J connectivity index is 1.49. The summed E-state index contributed by atoms with van der Waals surface area (Å²) in [5.41, 5.74) is 1.33. The molecule has 2 N–H and O–H groups in total. The normalized spacial score (nSPS) is 15.5. The Labute approximate surface area is 140 Å². The molecule has 0 bridgehead atoms. The summed E-state index contributed by atoms with van der Waals surface area (Å²) in [5, 5.41) is 9.83. The molecule has 0 saturated heterocycles. The Morgan fingerprint density at radius 3 is 2.77 bits per heavy atom. The van der Waals surface area contributed by atoms with E-state index in [1.807, 2.05) is 0 Å². The summed E-state index contributed by atoms with van der Waals surface area (Å²) in [5.74, 6) is 1.93. The van der Waals surface area contributed by atoms with Crippen molar-refractivity contribution in [3.63, 3.8) is 0 Å². The molecule has 1 aliphatic carbocycles. The number of rotatable bonds is 8. The maximum absolute atomic E-state index is 11.9. The highest BCUT2D eigenvalue weighted by atomic mass is 32.2. The van der Waals surface area contributed by atoms with Gasteiger partial charge in [0, 0.05) is 24.0 Å². The Bertz CT molecular complexity index is 457. The molecule has 1 aromatic heterocycles. The third-order valence-electron chi connectivity index (χ3n) is 3.82. The lowest BCUT2D eigenvalue weighted by molar-refractivity contribution is -0.129. The molecule has 0 spiro atoms. The first-order valence-corrected chi connectivity index (χ1v) is 9.98. The van der Waals surface area contributed by atoms with E-state index in [1.54, 1.807) is 23.1 Å². The van der Waals surface area contributed by atoms with Gasteiger partial charge in [0.05, 0.1) is 6.54 Å². The fraction of sp³-hybridized carbons (Fsp3) is 0.625. The average Bonchev–Trinajstić information content (AvgIpc) is 3.06. The first-order valence-electron chi connectivity index (χ1n) is 7.89. The number of hydrogen-bond donors (Lipinski definition) is 2. The molecule has 0 radical (unpaired) electrons. The molecular formula is C16H24N2O2S2. The van der Waals surface area contributed by atoms with Crippen molar-refractivity contribution in [1.82, 2.24) is 10.6 Å². The maximum atomic E-state index is 11.9. The van der Waals surface area contributed by atoms with Gasteiger partial charge in [-0.2, -0.15) is 23.1 Å². The summed E-state index contributed by atoms with van der Waals surface area (Å²) in [6.45, 7) is 0.747. The van der Waals surface area contributed by atoms with Gasteiger partial charge in [0.25, 0.3) is 0 Å². The lowest BCUT2D eigenvalue weighted by Gasteiger charge is -2.20. The smallest absolute Gasteiger partial charge is 0.239 e. The lowest BCUT2D eigenvalue weighted by atomic mass is 9.89. The third-order valence-corrected chi connectivity index (χ3v) is 5.58. The molecule has 0 unspecified atom stereocenters. The lowest BCUT2D eigenvalue weighted by Crippen LogP contribution is -2.40. The van der Waals surface area contributed by atoms with Crippen LogP contribution in [0, 0.1) is 5.92 Å². The summed E-state index contributed by atoms with van der Waals surface area (Å²) < 4.78 is 0. The number of carbonyl (C=O) groups excluding carboxylic acids is 2. The van der Waals surface area contributed by atoms with Crippen LogP contribution in [0.1, 0.15) is 37.7 Å². The van der Waals surface area contributed by atoms with E-state index in [-0.39, 0.29) is 24.3 Å². The van der Waals surface area contributed by atoms with Crippen molar-refractivity contribution in [2.45, 2.75) is 37.9 Å². The molecule has 1 fully saturated rings. The van der Waals surface area contributed by atoms with Crippen LogP contribution in [0.15, 0.2) is 16.8 Å². The van der Waals surface area contributed by atoms with Crippen LogP contribution in [0.3, 0.4) is 0 Å². The standard InChI is InChI=1S/C16H24N2O2S2/c19-15(10-18-16(20)14-4-2-1-3-5-14)17-7-9-22-12-13-6-8-21-11-13/h6,8,11,14H,1-5,7,9-10,12H2,(H,17,19)(H,18,20). The first kappa shape index (κ1) is 17.3. The van der Waals surface area contributed by atoms with Gasteiger partial charge in [0.2, 0.25) is 11.8 Å². The van der Waals surface area contributed by atoms with Gasteiger partial charge in [0.1, 0.15) is 0 Å². The Morgan fingerprint density at radius 2 is 2.05 bits per heavy atom. The van der Waals surface area contributed by atoms with Crippen molar-refractivity contribution in [3.8, 4) is 0 Å². The molecule has 6 heteroatoms. The van der Waals surface area contributed by atoms with Crippen LogP contribution in [0.25, 0.3) is 0 Å². The van der Waals surface area contributed by atoms with Crippen LogP contribution in [-0.4, -0.2) is 30.7 Å². The minimum atomic E-state index is -0.0970. The number of thiophene rings is 1. The highest BCUT2D eigenvalue weighted by molar-refractivity contribution is 7.98. The number of hydrogen-bond acceptors (Lipinski definition) is 4. The van der Waals surface area contributed by atoms with Gasteiger partial charge in [-0.1, -0.05) is 19.3 Å². The average molecular weight is 341 g/mol. The first-order chi connectivity index (χ1) is 10.8. The second kappa shape index (κ2) is 9.90. The molecular weight excluding hydrogens is 316 g/mol. The van der Waals surface area contributed by atoms with E-state index in [4.69, 9.17) is 0 Å². The van der Waals surface area contributed by atoms with Gasteiger partial charge < -0.3 is 10.6 Å². The predicted octanol–water partition coefficient (Wildman–Crippen LogP) is 2.79. The summed E-state index contributed by atoms with van der Waals surface area (Å²) in [4.78, 5) is 23.6. The second-order valence-corrected chi connectivity index (χ2v) is 7.47. The van der Waals surface area contributed by atoms with E-state index in [9.17, 15) is 9.59 Å². The van der Waals surface area contributed by atoms with Crippen molar-refractivity contribution in [3.05, 3.63) is 22.4 Å². The second-order valence-electron chi connectivity index (χ2n) is 5.59. The minimum Gasteiger partial charge on any atom is -0.354 e. The van der Waals surface area contributed by atoms with Crippen LogP contribution in [-0.2, 0) is 15.3 Å². The molecule has 4 nitrogen and oxygen atoms in total. The molecule has 1 aliphatic rings. The van der Waals surface area contributed by atoms with Crippen molar-refractivity contribution in [2.75, 3.05) is 18.8 Å². The van der Waals surface area contributed by atoms with E-state index < -0.39 is 0 Å². The maximum Gasteiger partial charge on any atom is 0.239 e. The Hall–Kier alpha value is -1.01. The largest absolute Gasteiger partial charge is 0.354 e. The van der Waals surface area contributed by atoms with Crippen LogP contribution in [0.5, 0.6) is 0 Å². The fourth-order valence-electron chi connectivity index (χ4n) is 2.57. The number of nitrogens with one attached hydrogen (secondary N) is 2. The summed E-state index contributed by atoms with van der Waals surface area (Å²) in [6, 6.07) is 2.12. The zero-order valence-electron chi connectivity index (χ0n) is 12.8. The van der Waals surface area contributed by atoms with E-state index in [1.165, 1.54) is 12.0 Å². The molecule has 2 amide bonds. The van der Waals surface area contributed by atoms with Crippen molar-refractivity contribution in [1.29, 1.82) is 0 Å². The van der Waals surface area contributed by atoms with Gasteiger partial charge in [-0.3, -0.25) is 9.59 Å². The molecule has 0 atom stereocenters. The van der Waals surface area contributed by atoms with Crippen molar-refractivity contribution >= 4 is 34.9 Å². The van der Waals surface area contributed by atoms with Crippen LogP contribution in [0.4, 0.5) is 0 Å². The van der Waals surface area contributed by atoms with Gasteiger partial charge in [0.15, 0.2) is 0 Å². The SMILES string of the molecule is O=C(CNC(=O)C1CCCCC1)NCCSCc1ccsc1. The summed E-state index contributed by atoms with van der Waals surface area (Å²) in [7, 11) is 0. The molecule has 122 valence electrons. The van der Waals surface area contributed by atoms with Gasteiger partial charge in [-0.25, -0.2) is 0 Å². The number of thioether (sulfide) groups is 1. The fourth-order valence-corrected chi connectivity index (χ4v) is 4.15. The molecule has 1 heterocycles. The van der Waals surface area contributed by atoms with Crippen LogP contribution < -0.4 is 10.6 Å². The van der Waals surface area contributed by atoms with Crippen LogP contribution in [0.2, 0.25) is 0 Å². The Kier molecular flexibility index (Phi) is 7.80. The van der Waals surface area contributed by atoms with E-state index in [0.717, 1.165) is 37.2 Å². The zero-order valence-corrected chi connectivity index (χ0v) is 14.4. The Morgan fingerprint density at radius 1 is 1.23 bits per heavy atom. The summed E-state index contributed by atoms with van der Waals surface area (Å²) in [6.07, 6.45) is 5.42. The molecule has 0 aliphatic heterocycles. The van der Waals surface area contributed by atoms with E-state index >= 15 is 0 Å². The van der Waals surface area contributed by atoms with Crippen molar-refractivity contribution in [2.24, 2.45) is 5.92 Å². The summed E-state index contributed by atoms with van der Waals surface area (Å²) >= 11 is 3.51. The molecule has 1 aromatic rings. The van der Waals surface area contributed by atoms with E-state index in [2.05, 4.69) is 27.5 Å². The highest BCUT2D eigenvalue weighted by Gasteiger charge is 2.21. The molecule has 0 aromatic carbocycles. The van der Waals surface area contributed by atoms with Crippen molar-refractivity contribution < 1.29 is 9.59 Å². The van der Waals surface area contributed by atoms with Gasteiger partial charge in [-0.15, -0.1) is 0 Å². The van der Waals surface area contributed by atoms with Gasteiger partial charge in [-0.05, 0) is 35.2 Å².